The van der Waals surface area contributed by atoms with Crippen molar-refractivity contribution in [2.24, 2.45) is 0 Å². The van der Waals surface area contributed by atoms with Gasteiger partial charge in [0.15, 0.2) is 0 Å². The summed E-state index contributed by atoms with van der Waals surface area (Å²) in [4.78, 5) is 3.94. The number of alkyl halides is 3. The summed E-state index contributed by atoms with van der Waals surface area (Å²) in [6.45, 7) is 0.353. The molecular formula is C8H10F3N3. The second kappa shape index (κ2) is 3.27. The van der Waals surface area contributed by atoms with Crippen LogP contribution < -0.4 is 5.32 Å². The molecule has 0 saturated heterocycles. The van der Waals surface area contributed by atoms with E-state index in [1.54, 1.807) is 0 Å². The fraction of sp³-hybridized carbons (Fsp3) is 0.625. The van der Waals surface area contributed by atoms with E-state index in [0.717, 1.165) is 12.2 Å². The second-order valence-electron chi connectivity index (χ2n) is 3.31. The number of imidazole rings is 1. The highest BCUT2D eigenvalue weighted by Gasteiger charge is 2.29. The molecule has 1 aliphatic heterocycles. The van der Waals surface area contributed by atoms with Gasteiger partial charge in [-0.15, -0.1) is 0 Å². The lowest BCUT2D eigenvalue weighted by molar-refractivity contribution is -0.141. The summed E-state index contributed by atoms with van der Waals surface area (Å²) in [6.07, 6.45) is -2.28. The molecule has 2 heterocycles. The Morgan fingerprint density at radius 2 is 2.29 bits per heavy atom. The van der Waals surface area contributed by atoms with E-state index in [1.807, 2.05) is 0 Å². The van der Waals surface area contributed by atoms with Gasteiger partial charge in [0, 0.05) is 25.2 Å². The summed E-state index contributed by atoms with van der Waals surface area (Å²) in [7, 11) is 0. The highest BCUT2D eigenvalue weighted by Crippen LogP contribution is 2.20. The lowest BCUT2D eigenvalue weighted by Gasteiger charge is -2.16. The first kappa shape index (κ1) is 9.51. The van der Waals surface area contributed by atoms with Crippen molar-refractivity contribution in [1.82, 2.24) is 14.9 Å². The lowest BCUT2D eigenvalue weighted by Crippen LogP contribution is -2.27. The van der Waals surface area contributed by atoms with E-state index in [2.05, 4.69) is 10.3 Å². The maximum absolute atomic E-state index is 12.1. The molecule has 14 heavy (non-hydrogen) atoms. The first-order valence-corrected chi connectivity index (χ1v) is 4.36. The van der Waals surface area contributed by atoms with Gasteiger partial charge in [0.1, 0.15) is 6.54 Å². The summed E-state index contributed by atoms with van der Waals surface area (Å²) >= 11 is 0. The molecule has 0 aromatic carbocycles. The van der Waals surface area contributed by atoms with Crippen LogP contribution in [0, 0.1) is 0 Å². The van der Waals surface area contributed by atoms with Gasteiger partial charge in [0.2, 0.25) is 0 Å². The van der Waals surface area contributed by atoms with Crippen LogP contribution in [-0.2, 0) is 19.5 Å². The van der Waals surface area contributed by atoms with Crippen LogP contribution in [0.3, 0.4) is 0 Å². The van der Waals surface area contributed by atoms with Crippen molar-refractivity contribution in [1.29, 1.82) is 0 Å². The Bertz CT molecular complexity index is 329. The minimum atomic E-state index is -4.17. The van der Waals surface area contributed by atoms with E-state index < -0.39 is 12.7 Å². The molecule has 0 atom stereocenters. The number of fused-ring (bicyclic) bond motifs is 1. The molecule has 0 radical (unpaired) electrons. The molecule has 1 aromatic heterocycles. The predicted octanol–water partition coefficient (Wildman–Crippen LogP) is 1.09. The fourth-order valence-electron chi connectivity index (χ4n) is 1.63. The van der Waals surface area contributed by atoms with Crippen molar-refractivity contribution in [3.8, 4) is 0 Å². The topological polar surface area (TPSA) is 29.9 Å². The van der Waals surface area contributed by atoms with Crippen molar-refractivity contribution in [2.45, 2.75) is 25.7 Å². The van der Waals surface area contributed by atoms with Crippen LogP contribution in [0.4, 0.5) is 13.2 Å². The average Bonchev–Trinajstić information content (AvgIpc) is 2.47. The Hall–Kier alpha value is -1.04. The quantitative estimate of drug-likeness (QED) is 0.743. The largest absolute Gasteiger partial charge is 0.406 e. The van der Waals surface area contributed by atoms with Crippen molar-refractivity contribution in [3.05, 3.63) is 17.7 Å². The first-order valence-electron chi connectivity index (χ1n) is 4.36. The first-order chi connectivity index (χ1) is 6.56. The Morgan fingerprint density at radius 1 is 1.50 bits per heavy atom. The van der Waals surface area contributed by atoms with E-state index in [1.165, 1.54) is 10.9 Å². The molecule has 0 bridgehead atoms. The standard InChI is InChI=1S/C8H10F3N3/c9-8(10,11)4-14-5-13-6-3-12-2-1-7(6)14/h5,12H,1-4H2. The van der Waals surface area contributed by atoms with Gasteiger partial charge in [-0.25, -0.2) is 4.98 Å². The molecule has 1 aliphatic rings. The summed E-state index contributed by atoms with van der Waals surface area (Å²) < 4.78 is 37.6. The molecule has 2 rings (SSSR count). The third kappa shape index (κ3) is 1.89. The SMILES string of the molecule is FC(F)(F)Cn1cnc2c1CCNC2. The molecule has 0 fully saturated rings. The van der Waals surface area contributed by atoms with Gasteiger partial charge in [-0.1, -0.05) is 0 Å². The molecule has 1 N–H and O–H groups in total. The smallest absolute Gasteiger partial charge is 0.325 e. The summed E-state index contributed by atoms with van der Waals surface area (Å²) in [5, 5.41) is 3.06. The van der Waals surface area contributed by atoms with Crippen LogP contribution in [0.15, 0.2) is 6.33 Å². The molecule has 0 aliphatic carbocycles. The van der Waals surface area contributed by atoms with Crippen LogP contribution in [0.1, 0.15) is 11.4 Å². The van der Waals surface area contributed by atoms with E-state index in [4.69, 9.17) is 0 Å². The molecule has 1 aromatic rings. The zero-order chi connectivity index (χ0) is 10.2. The Morgan fingerprint density at radius 3 is 3.00 bits per heavy atom. The number of rotatable bonds is 1. The Kier molecular flexibility index (Phi) is 2.22. The summed E-state index contributed by atoms with van der Waals surface area (Å²) in [5.74, 6) is 0. The molecular weight excluding hydrogens is 195 g/mol. The van der Waals surface area contributed by atoms with Crippen LogP contribution in [0.5, 0.6) is 0 Å². The van der Waals surface area contributed by atoms with Crippen LogP contribution in [0.2, 0.25) is 0 Å². The highest BCUT2D eigenvalue weighted by atomic mass is 19.4. The van der Waals surface area contributed by atoms with Gasteiger partial charge in [-0.05, 0) is 0 Å². The van der Waals surface area contributed by atoms with E-state index in [0.29, 0.717) is 18.7 Å². The van der Waals surface area contributed by atoms with Crippen molar-refractivity contribution in [3.63, 3.8) is 0 Å². The number of halogens is 3. The molecule has 78 valence electrons. The highest BCUT2D eigenvalue weighted by molar-refractivity contribution is 5.16. The maximum atomic E-state index is 12.1. The van der Waals surface area contributed by atoms with E-state index in [9.17, 15) is 13.2 Å². The number of hydrogen-bond donors (Lipinski definition) is 1. The van der Waals surface area contributed by atoms with Crippen molar-refractivity contribution >= 4 is 0 Å². The number of nitrogens with zero attached hydrogens (tertiary/aromatic N) is 2. The lowest BCUT2D eigenvalue weighted by atomic mass is 10.2. The van der Waals surface area contributed by atoms with Crippen LogP contribution in [-0.4, -0.2) is 22.3 Å². The molecule has 3 nitrogen and oxygen atoms in total. The molecule has 6 heteroatoms. The fourth-order valence-corrected chi connectivity index (χ4v) is 1.63. The molecule has 0 unspecified atom stereocenters. The van der Waals surface area contributed by atoms with Crippen LogP contribution >= 0.6 is 0 Å². The van der Waals surface area contributed by atoms with Crippen LogP contribution in [0.25, 0.3) is 0 Å². The van der Waals surface area contributed by atoms with Gasteiger partial charge in [-0.2, -0.15) is 13.2 Å². The van der Waals surface area contributed by atoms with Gasteiger partial charge in [0.25, 0.3) is 0 Å². The Balaban J connectivity index is 2.22. The molecule has 0 spiro atoms. The second-order valence-corrected chi connectivity index (χ2v) is 3.31. The number of nitrogens with one attached hydrogen (secondary N) is 1. The van der Waals surface area contributed by atoms with Gasteiger partial charge >= 0.3 is 6.18 Å². The number of aromatic nitrogens is 2. The van der Waals surface area contributed by atoms with E-state index in [-0.39, 0.29) is 0 Å². The third-order valence-electron chi connectivity index (χ3n) is 2.21. The summed E-state index contributed by atoms with van der Waals surface area (Å²) in [6, 6.07) is 0. The van der Waals surface area contributed by atoms with Gasteiger partial charge < -0.3 is 9.88 Å². The summed E-state index contributed by atoms with van der Waals surface area (Å²) in [5.41, 5.74) is 1.45. The third-order valence-corrected chi connectivity index (χ3v) is 2.21. The monoisotopic (exact) mass is 205 g/mol. The Labute approximate surface area is 78.9 Å². The number of hydrogen-bond acceptors (Lipinski definition) is 2. The average molecular weight is 205 g/mol. The van der Waals surface area contributed by atoms with Crippen molar-refractivity contribution < 1.29 is 13.2 Å². The minimum absolute atomic E-state index is 0.570. The van der Waals surface area contributed by atoms with Crippen molar-refractivity contribution in [2.75, 3.05) is 6.54 Å². The molecule has 0 saturated carbocycles. The van der Waals surface area contributed by atoms with Gasteiger partial charge in [0.05, 0.1) is 12.0 Å². The normalized spacial score (nSPS) is 16.8. The zero-order valence-electron chi connectivity index (χ0n) is 7.43. The minimum Gasteiger partial charge on any atom is -0.325 e. The van der Waals surface area contributed by atoms with E-state index >= 15 is 0 Å². The maximum Gasteiger partial charge on any atom is 0.406 e. The predicted molar refractivity (Wildman–Crippen MR) is 43.7 cm³/mol. The van der Waals surface area contributed by atoms with Gasteiger partial charge in [-0.3, -0.25) is 0 Å². The molecule has 0 amide bonds. The zero-order valence-corrected chi connectivity index (χ0v) is 7.43.